The summed E-state index contributed by atoms with van der Waals surface area (Å²) < 4.78 is 1.13. The Kier molecular flexibility index (Phi) is 4.63. The van der Waals surface area contributed by atoms with E-state index in [4.69, 9.17) is 5.73 Å². The first-order chi connectivity index (χ1) is 6.65. The van der Waals surface area contributed by atoms with Crippen LogP contribution in [0.5, 0.6) is 0 Å². The Labute approximate surface area is 94.8 Å². The van der Waals surface area contributed by atoms with Crippen LogP contribution < -0.4 is 5.73 Å². The summed E-state index contributed by atoms with van der Waals surface area (Å²) >= 11 is 3.48. The monoisotopic (exact) mass is 255 g/mol. The number of hydrogen-bond donors (Lipinski definition) is 1. The van der Waals surface area contributed by atoms with E-state index < -0.39 is 0 Å². The van der Waals surface area contributed by atoms with Gasteiger partial charge in [-0.1, -0.05) is 48.3 Å². The van der Waals surface area contributed by atoms with E-state index in [0.29, 0.717) is 5.92 Å². The van der Waals surface area contributed by atoms with Crippen LogP contribution in [0.25, 0.3) is 0 Å². The van der Waals surface area contributed by atoms with E-state index in [-0.39, 0.29) is 6.04 Å². The SMILES string of the molecule is CCCC(N)C(C)c1cccc(Br)c1. The fraction of sp³-hybridized carbons (Fsp3) is 0.500. The van der Waals surface area contributed by atoms with E-state index >= 15 is 0 Å². The fourth-order valence-corrected chi connectivity index (χ4v) is 2.04. The Balaban J connectivity index is 2.73. The zero-order valence-electron chi connectivity index (χ0n) is 8.83. The average molecular weight is 256 g/mol. The Bertz CT molecular complexity index is 285. The second-order valence-corrected chi connectivity index (χ2v) is 4.71. The molecule has 0 amide bonds. The summed E-state index contributed by atoms with van der Waals surface area (Å²) in [5, 5.41) is 0. The second kappa shape index (κ2) is 5.52. The van der Waals surface area contributed by atoms with E-state index in [1.165, 1.54) is 5.56 Å². The molecule has 1 aromatic carbocycles. The van der Waals surface area contributed by atoms with Crippen molar-refractivity contribution in [3.8, 4) is 0 Å². The topological polar surface area (TPSA) is 26.0 Å². The molecule has 0 spiro atoms. The van der Waals surface area contributed by atoms with Crippen molar-refractivity contribution in [2.75, 3.05) is 0 Å². The standard InChI is InChI=1S/C12H18BrN/c1-3-5-12(14)9(2)10-6-4-7-11(13)8-10/h4,6-9,12H,3,5,14H2,1-2H3. The van der Waals surface area contributed by atoms with E-state index in [1.807, 2.05) is 6.07 Å². The molecule has 0 aliphatic heterocycles. The predicted octanol–water partition coefficient (Wildman–Crippen LogP) is 3.68. The number of rotatable bonds is 4. The van der Waals surface area contributed by atoms with Gasteiger partial charge in [0.25, 0.3) is 0 Å². The molecule has 0 saturated heterocycles. The van der Waals surface area contributed by atoms with Gasteiger partial charge in [-0.2, -0.15) is 0 Å². The van der Waals surface area contributed by atoms with Gasteiger partial charge in [-0.15, -0.1) is 0 Å². The third-order valence-electron chi connectivity index (χ3n) is 2.64. The molecular formula is C12H18BrN. The first kappa shape index (κ1) is 11.7. The normalized spacial score (nSPS) is 15.1. The molecule has 2 heteroatoms. The summed E-state index contributed by atoms with van der Waals surface area (Å²) in [7, 11) is 0. The van der Waals surface area contributed by atoms with Gasteiger partial charge >= 0.3 is 0 Å². The van der Waals surface area contributed by atoms with Crippen LogP contribution in [-0.4, -0.2) is 6.04 Å². The van der Waals surface area contributed by atoms with Crippen molar-refractivity contribution in [2.24, 2.45) is 5.73 Å². The molecule has 1 rings (SSSR count). The quantitative estimate of drug-likeness (QED) is 0.873. The van der Waals surface area contributed by atoms with Crippen molar-refractivity contribution < 1.29 is 0 Å². The molecule has 0 saturated carbocycles. The maximum absolute atomic E-state index is 6.09. The lowest BCUT2D eigenvalue weighted by Crippen LogP contribution is -2.26. The number of nitrogens with two attached hydrogens (primary N) is 1. The van der Waals surface area contributed by atoms with Gasteiger partial charge in [0.1, 0.15) is 0 Å². The minimum Gasteiger partial charge on any atom is -0.327 e. The summed E-state index contributed by atoms with van der Waals surface area (Å²) in [5.74, 6) is 0.437. The highest BCUT2D eigenvalue weighted by Gasteiger charge is 2.13. The molecule has 1 aromatic rings. The highest BCUT2D eigenvalue weighted by molar-refractivity contribution is 9.10. The zero-order chi connectivity index (χ0) is 10.6. The van der Waals surface area contributed by atoms with Crippen LogP contribution in [-0.2, 0) is 0 Å². The number of hydrogen-bond acceptors (Lipinski definition) is 1. The lowest BCUT2D eigenvalue weighted by atomic mass is 9.91. The lowest BCUT2D eigenvalue weighted by Gasteiger charge is -2.19. The Morgan fingerprint density at radius 3 is 2.71 bits per heavy atom. The maximum atomic E-state index is 6.09. The van der Waals surface area contributed by atoms with Crippen LogP contribution in [0.3, 0.4) is 0 Å². The molecule has 0 fully saturated rings. The van der Waals surface area contributed by atoms with Crippen molar-refractivity contribution in [2.45, 2.75) is 38.6 Å². The summed E-state index contributed by atoms with van der Waals surface area (Å²) in [6.07, 6.45) is 2.24. The van der Waals surface area contributed by atoms with Crippen molar-refractivity contribution in [3.05, 3.63) is 34.3 Å². The maximum Gasteiger partial charge on any atom is 0.0178 e. The molecule has 14 heavy (non-hydrogen) atoms. The highest BCUT2D eigenvalue weighted by atomic mass is 79.9. The third kappa shape index (κ3) is 3.10. The Morgan fingerprint density at radius 2 is 2.14 bits per heavy atom. The van der Waals surface area contributed by atoms with E-state index in [0.717, 1.165) is 17.3 Å². The summed E-state index contributed by atoms with van der Waals surface area (Å²) in [5.41, 5.74) is 7.41. The minimum absolute atomic E-state index is 0.272. The summed E-state index contributed by atoms with van der Waals surface area (Å²) in [6.45, 7) is 4.37. The molecule has 2 atom stereocenters. The van der Waals surface area contributed by atoms with Crippen LogP contribution in [0.15, 0.2) is 28.7 Å². The first-order valence-electron chi connectivity index (χ1n) is 5.16. The van der Waals surface area contributed by atoms with Gasteiger partial charge < -0.3 is 5.73 Å². The predicted molar refractivity (Wildman–Crippen MR) is 65.4 cm³/mol. The molecule has 1 nitrogen and oxygen atoms in total. The van der Waals surface area contributed by atoms with E-state index in [2.05, 4.69) is 48.0 Å². The largest absolute Gasteiger partial charge is 0.327 e. The molecule has 0 aliphatic rings. The fourth-order valence-electron chi connectivity index (χ4n) is 1.62. The van der Waals surface area contributed by atoms with Crippen LogP contribution in [0.4, 0.5) is 0 Å². The third-order valence-corrected chi connectivity index (χ3v) is 3.13. The zero-order valence-corrected chi connectivity index (χ0v) is 10.4. The second-order valence-electron chi connectivity index (χ2n) is 3.80. The lowest BCUT2D eigenvalue weighted by molar-refractivity contribution is 0.522. The Hall–Kier alpha value is -0.340. The van der Waals surface area contributed by atoms with Crippen molar-refractivity contribution in [3.63, 3.8) is 0 Å². The molecule has 0 aromatic heterocycles. The molecule has 0 heterocycles. The summed E-state index contributed by atoms with van der Waals surface area (Å²) in [6, 6.07) is 8.68. The molecule has 78 valence electrons. The summed E-state index contributed by atoms with van der Waals surface area (Å²) in [4.78, 5) is 0. The molecule has 2 unspecified atom stereocenters. The smallest absolute Gasteiger partial charge is 0.0178 e. The van der Waals surface area contributed by atoms with Crippen LogP contribution in [0.1, 0.15) is 38.2 Å². The van der Waals surface area contributed by atoms with Crippen LogP contribution >= 0.6 is 15.9 Å². The van der Waals surface area contributed by atoms with Gasteiger partial charge in [-0.25, -0.2) is 0 Å². The van der Waals surface area contributed by atoms with Crippen LogP contribution in [0.2, 0.25) is 0 Å². The van der Waals surface area contributed by atoms with Gasteiger partial charge in [-0.3, -0.25) is 0 Å². The van der Waals surface area contributed by atoms with Crippen LogP contribution in [0, 0.1) is 0 Å². The molecule has 0 bridgehead atoms. The molecule has 0 radical (unpaired) electrons. The molecule has 2 N–H and O–H groups in total. The van der Waals surface area contributed by atoms with Gasteiger partial charge in [0.15, 0.2) is 0 Å². The Morgan fingerprint density at radius 1 is 1.43 bits per heavy atom. The highest BCUT2D eigenvalue weighted by Crippen LogP contribution is 2.23. The molecular weight excluding hydrogens is 238 g/mol. The average Bonchev–Trinajstić information content (AvgIpc) is 2.17. The number of benzene rings is 1. The van der Waals surface area contributed by atoms with Crippen molar-refractivity contribution in [1.29, 1.82) is 0 Å². The van der Waals surface area contributed by atoms with Gasteiger partial charge in [0, 0.05) is 10.5 Å². The van der Waals surface area contributed by atoms with Crippen molar-refractivity contribution >= 4 is 15.9 Å². The minimum atomic E-state index is 0.272. The van der Waals surface area contributed by atoms with Gasteiger partial charge in [0.05, 0.1) is 0 Å². The molecule has 0 aliphatic carbocycles. The van der Waals surface area contributed by atoms with E-state index in [1.54, 1.807) is 0 Å². The van der Waals surface area contributed by atoms with Crippen molar-refractivity contribution in [1.82, 2.24) is 0 Å². The van der Waals surface area contributed by atoms with E-state index in [9.17, 15) is 0 Å². The number of halogens is 1. The first-order valence-corrected chi connectivity index (χ1v) is 5.95. The van der Waals surface area contributed by atoms with Gasteiger partial charge in [0.2, 0.25) is 0 Å². The van der Waals surface area contributed by atoms with Gasteiger partial charge in [-0.05, 0) is 30.0 Å².